The Morgan fingerprint density at radius 2 is 2.04 bits per heavy atom. The van der Waals surface area contributed by atoms with E-state index < -0.39 is 5.91 Å². The number of azo groups is 1. The quantitative estimate of drug-likeness (QED) is 0.627. The van der Waals surface area contributed by atoms with Crippen molar-refractivity contribution in [3.63, 3.8) is 0 Å². The van der Waals surface area contributed by atoms with Crippen molar-refractivity contribution in [3.8, 4) is 11.6 Å². The number of aromatic amines is 1. The molecule has 0 saturated heterocycles. The van der Waals surface area contributed by atoms with Crippen LogP contribution in [-0.4, -0.2) is 23.1 Å². The highest BCUT2D eigenvalue weighted by atomic mass is 79.9. The Bertz CT molecular complexity index is 963. The molecule has 3 aromatic rings. The van der Waals surface area contributed by atoms with Gasteiger partial charge in [0, 0.05) is 9.86 Å². The number of aromatic hydroxyl groups is 1. The third-order valence-electron chi connectivity index (χ3n) is 3.61. The highest BCUT2D eigenvalue weighted by Crippen LogP contribution is 2.38. The Morgan fingerprint density at radius 1 is 1.29 bits per heavy atom. The first-order valence-corrected chi connectivity index (χ1v) is 7.90. The number of para-hydroxylation sites is 1. The van der Waals surface area contributed by atoms with E-state index in [1.54, 1.807) is 24.3 Å². The number of hydrogen-bond donors (Lipinski definition) is 2. The monoisotopic (exact) mass is 387 g/mol. The maximum Gasteiger partial charge on any atom is 0.299 e. The van der Waals surface area contributed by atoms with Crippen LogP contribution in [0.5, 0.6) is 11.6 Å². The minimum absolute atomic E-state index is 0.140. The molecular weight excluding hydrogens is 374 g/mol. The first-order chi connectivity index (χ1) is 11.5. The first-order valence-electron chi connectivity index (χ1n) is 7.11. The lowest BCUT2D eigenvalue weighted by Crippen LogP contribution is -1.97. The average molecular weight is 388 g/mol. The standard InChI is InChI=1S/C17H14BrN3O3/c1-9-7-11-13(8-12(9)18)19-17(23)15(11)20-21-16(22)10-5-3-4-6-14(10)24-2/h3-8,19,23H,1-2H3. The number of aryl methyl sites for hydroxylation is 1. The van der Waals surface area contributed by atoms with Crippen LogP contribution in [0.4, 0.5) is 5.69 Å². The van der Waals surface area contributed by atoms with Crippen LogP contribution in [0, 0.1) is 6.92 Å². The number of benzene rings is 2. The lowest BCUT2D eigenvalue weighted by atomic mass is 10.1. The van der Waals surface area contributed by atoms with E-state index in [9.17, 15) is 9.90 Å². The summed E-state index contributed by atoms with van der Waals surface area (Å²) < 4.78 is 6.05. The van der Waals surface area contributed by atoms with Crippen LogP contribution >= 0.6 is 15.9 Å². The summed E-state index contributed by atoms with van der Waals surface area (Å²) in [5, 5.41) is 18.4. The molecular formula is C17H14BrN3O3. The normalized spacial score (nSPS) is 11.3. The molecule has 0 saturated carbocycles. The van der Waals surface area contributed by atoms with Gasteiger partial charge in [0.15, 0.2) is 5.69 Å². The van der Waals surface area contributed by atoms with Gasteiger partial charge in [-0.3, -0.25) is 4.79 Å². The number of carbonyl (C=O) groups is 1. The van der Waals surface area contributed by atoms with Crippen molar-refractivity contribution in [1.29, 1.82) is 0 Å². The van der Waals surface area contributed by atoms with E-state index in [0.29, 0.717) is 22.2 Å². The summed E-state index contributed by atoms with van der Waals surface area (Å²) in [6, 6.07) is 10.5. The molecule has 1 amide bonds. The highest BCUT2D eigenvalue weighted by molar-refractivity contribution is 9.10. The number of ether oxygens (including phenoxy) is 1. The third-order valence-corrected chi connectivity index (χ3v) is 4.46. The molecule has 24 heavy (non-hydrogen) atoms. The van der Waals surface area contributed by atoms with Crippen LogP contribution in [0.15, 0.2) is 51.1 Å². The van der Waals surface area contributed by atoms with Crippen LogP contribution in [-0.2, 0) is 0 Å². The Labute approximate surface area is 146 Å². The number of aromatic nitrogens is 1. The second-order valence-electron chi connectivity index (χ2n) is 5.17. The molecule has 0 aliphatic heterocycles. The molecule has 0 bridgehead atoms. The molecule has 0 aliphatic carbocycles. The lowest BCUT2D eigenvalue weighted by molar-refractivity contribution is 0.0992. The van der Waals surface area contributed by atoms with E-state index >= 15 is 0 Å². The third kappa shape index (κ3) is 2.90. The van der Waals surface area contributed by atoms with Gasteiger partial charge in [0.2, 0.25) is 5.88 Å². The Morgan fingerprint density at radius 3 is 2.79 bits per heavy atom. The molecule has 3 rings (SSSR count). The second kappa shape index (κ2) is 6.45. The largest absolute Gasteiger partial charge is 0.496 e. The van der Waals surface area contributed by atoms with Gasteiger partial charge in [-0.05, 0) is 36.8 Å². The SMILES string of the molecule is COc1ccccc1C(=O)N=Nc1c(O)[nH]c2cc(Br)c(C)cc12. The number of H-pyrrole nitrogens is 1. The Kier molecular flexibility index (Phi) is 4.35. The molecule has 2 aromatic carbocycles. The van der Waals surface area contributed by atoms with Crippen LogP contribution in [0.3, 0.4) is 0 Å². The molecule has 122 valence electrons. The van der Waals surface area contributed by atoms with Gasteiger partial charge < -0.3 is 14.8 Å². The molecule has 0 aliphatic rings. The van der Waals surface area contributed by atoms with Crippen molar-refractivity contribution < 1.29 is 14.6 Å². The van der Waals surface area contributed by atoms with Crippen LogP contribution in [0.2, 0.25) is 0 Å². The maximum atomic E-state index is 12.2. The number of carbonyl (C=O) groups excluding carboxylic acids is 1. The number of halogens is 1. The zero-order valence-corrected chi connectivity index (χ0v) is 14.6. The van der Waals surface area contributed by atoms with Crippen LogP contribution in [0.25, 0.3) is 10.9 Å². The summed E-state index contributed by atoms with van der Waals surface area (Å²) >= 11 is 3.44. The van der Waals surface area contributed by atoms with Crippen molar-refractivity contribution in [2.45, 2.75) is 6.92 Å². The Hall–Kier alpha value is -2.67. The number of hydrogen-bond acceptors (Lipinski definition) is 4. The van der Waals surface area contributed by atoms with E-state index in [4.69, 9.17) is 4.74 Å². The van der Waals surface area contributed by atoms with Gasteiger partial charge in [0.25, 0.3) is 5.91 Å². The number of amides is 1. The molecule has 0 fully saturated rings. The van der Waals surface area contributed by atoms with Crippen LogP contribution < -0.4 is 4.74 Å². The van der Waals surface area contributed by atoms with Crippen molar-refractivity contribution in [2.24, 2.45) is 10.2 Å². The van der Waals surface area contributed by atoms with E-state index in [1.807, 2.05) is 19.1 Å². The van der Waals surface area contributed by atoms with Gasteiger partial charge in [-0.2, -0.15) is 0 Å². The Balaban J connectivity index is 2.00. The van der Waals surface area contributed by atoms with Crippen molar-refractivity contribution in [2.75, 3.05) is 7.11 Å². The summed E-state index contributed by atoms with van der Waals surface area (Å²) in [4.78, 5) is 15.1. The molecule has 1 heterocycles. The van der Waals surface area contributed by atoms with Gasteiger partial charge in [-0.25, -0.2) is 0 Å². The van der Waals surface area contributed by atoms with Gasteiger partial charge in [-0.15, -0.1) is 10.2 Å². The number of methoxy groups -OCH3 is 1. The number of nitrogens with one attached hydrogen (secondary N) is 1. The maximum absolute atomic E-state index is 12.2. The molecule has 0 unspecified atom stereocenters. The summed E-state index contributed by atoms with van der Waals surface area (Å²) in [6.45, 7) is 1.93. The topological polar surface area (TPSA) is 87.0 Å². The smallest absolute Gasteiger partial charge is 0.299 e. The number of nitrogens with zero attached hydrogens (tertiary/aromatic N) is 2. The summed E-state index contributed by atoms with van der Waals surface area (Å²) in [5.41, 5.74) is 2.21. The summed E-state index contributed by atoms with van der Waals surface area (Å²) in [6.07, 6.45) is 0. The fourth-order valence-electron chi connectivity index (χ4n) is 2.37. The molecule has 0 atom stereocenters. The predicted octanol–water partition coefficient (Wildman–Crippen LogP) is 4.88. The minimum atomic E-state index is -0.546. The zero-order chi connectivity index (χ0) is 17.3. The number of rotatable bonds is 3. The number of fused-ring (bicyclic) bond motifs is 1. The van der Waals surface area contributed by atoms with Gasteiger partial charge in [-0.1, -0.05) is 28.1 Å². The highest BCUT2D eigenvalue weighted by Gasteiger charge is 2.14. The predicted molar refractivity (Wildman–Crippen MR) is 94.2 cm³/mol. The van der Waals surface area contributed by atoms with E-state index in [0.717, 1.165) is 10.0 Å². The van der Waals surface area contributed by atoms with E-state index in [2.05, 4.69) is 31.1 Å². The fraction of sp³-hybridized carbons (Fsp3) is 0.118. The zero-order valence-electron chi connectivity index (χ0n) is 13.0. The van der Waals surface area contributed by atoms with Gasteiger partial charge in [0.05, 0.1) is 18.2 Å². The van der Waals surface area contributed by atoms with E-state index in [-0.39, 0.29) is 11.6 Å². The summed E-state index contributed by atoms with van der Waals surface area (Å²) in [5.74, 6) is -0.265. The average Bonchev–Trinajstić information content (AvgIpc) is 2.87. The van der Waals surface area contributed by atoms with Gasteiger partial charge in [0.1, 0.15) is 5.75 Å². The van der Waals surface area contributed by atoms with E-state index in [1.165, 1.54) is 7.11 Å². The van der Waals surface area contributed by atoms with Crippen molar-refractivity contribution >= 4 is 38.4 Å². The fourth-order valence-corrected chi connectivity index (χ4v) is 2.71. The van der Waals surface area contributed by atoms with Gasteiger partial charge >= 0.3 is 0 Å². The van der Waals surface area contributed by atoms with Crippen molar-refractivity contribution in [1.82, 2.24) is 4.98 Å². The molecule has 7 heteroatoms. The molecule has 0 radical (unpaired) electrons. The van der Waals surface area contributed by atoms with Crippen molar-refractivity contribution in [3.05, 3.63) is 52.0 Å². The second-order valence-corrected chi connectivity index (χ2v) is 6.03. The molecule has 0 spiro atoms. The molecule has 6 nitrogen and oxygen atoms in total. The molecule has 2 N–H and O–H groups in total. The lowest BCUT2D eigenvalue weighted by Gasteiger charge is -2.03. The minimum Gasteiger partial charge on any atom is -0.496 e. The first kappa shape index (κ1) is 16.2. The summed E-state index contributed by atoms with van der Waals surface area (Å²) in [7, 11) is 1.48. The van der Waals surface area contributed by atoms with Crippen LogP contribution in [0.1, 0.15) is 15.9 Å². The molecule has 1 aromatic heterocycles.